The van der Waals surface area contributed by atoms with E-state index in [0.29, 0.717) is 24.7 Å². The number of fused-ring (bicyclic) bond motifs is 1. The van der Waals surface area contributed by atoms with Gasteiger partial charge in [-0.3, -0.25) is 4.79 Å². The molecule has 0 heterocycles. The fourth-order valence-corrected chi connectivity index (χ4v) is 6.30. The van der Waals surface area contributed by atoms with Gasteiger partial charge in [0.25, 0.3) is 5.91 Å². The van der Waals surface area contributed by atoms with Crippen molar-refractivity contribution in [1.29, 1.82) is 5.26 Å². The topological polar surface area (TPSA) is 71.3 Å². The SMILES string of the molecule is N#C/C(=C\c1cc(I)c(OCc2ccc3ccccc3c2)c(I)c1)C(=O)Nc1ccc(OCc2ccccc2)cc1. The molecule has 7 heteroatoms. The fourth-order valence-electron chi connectivity index (χ4n) is 4.17. The summed E-state index contributed by atoms with van der Waals surface area (Å²) in [5, 5.41) is 14.9. The zero-order chi connectivity index (χ0) is 28.6. The van der Waals surface area contributed by atoms with E-state index in [0.717, 1.165) is 29.6 Å². The van der Waals surface area contributed by atoms with Crippen LogP contribution < -0.4 is 14.8 Å². The molecule has 1 N–H and O–H groups in total. The summed E-state index contributed by atoms with van der Waals surface area (Å²) in [5.41, 5.74) is 3.48. The minimum Gasteiger partial charge on any atom is -0.489 e. The first-order valence-corrected chi connectivity index (χ1v) is 14.9. The van der Waals surface area contributed by atoms with Crippen LogP contribution in [0, 0.1) is 18.5 Å². The Morgan fingerprint density at radius 1 is 0.756 bits per heavy atom. The molecule has 0 unspecified atom stereocenters. The van der Waals surface area contributed by atoms with Crippen LogP contribution in [0.5, 0.6) is 11.5 Å². The smallest absolute Gasteiger partial charge is 0.266 e. The zero-order valence-corrected chi connectivity index (χ0v) is 26.1. The summed E-state index contributed by atoms with van der Waals surface area (Å²) in [6.07, 6.45) is 1.59. The average Bonchev–Trinajstić information content (AvgIpc) is 2.99. The zero-order valence-electron chi connectivity index (χ0n) is 21.8. The normalized spacial score (nSPS) is 11.1. The Morgan fingerprint density at radius 2 is 1.41 bits per heavy atom. The highest BCUT2D eigenvalue weighted by Gasteiger charge is 2.13. The van der Waals surface area contributed by atoms with Gasteiger partial charge < -0.3 is 14.8 Å². The van der Waals surface area contributed by atoms with E-state index in [9.17, 15) is 10.1 Å². The van der Waals surface area contributed by atoms with Crippen molar-refractivity contribution in [2.24, 2.45) is 0 Å². The first kappa shape index (κ1) is 28.6. The lowest BCUT2D eigenvalue weighted by molar-refractivity contribution is -0.112. The summed E-state index contributed by atoms with van der Waals surface area (Å²) < 4.78 is 13.8. The van der Waals surface area contributed by atoms with Crippen LogP contribution in [-0.4, -0.2) is 5.91 Å². The summed E-state index contributed by atoms with van der Waals surface area (Å²) in [6, 6.07) is 37.3. The van der Waals surface area contributed by atoms with E-state index in [-0.39, 0.29) is 5.57 Å². The Balaban J connectivity index is 1.22. The standard InChI is InChI=1S/C34H24I2N2O3/c35-31-18-25(19-32(36)33(31)41-22-24-10-11-26-8-4-5-9-27(26)16-24)17-28(20-37)34(39)38-29-12-14-30(15-13-29)40-21-23-6-2-1-3-7-23/h1-19H,21-22H2,(H,38,39)/b28-17+. The number of nitriles is 1. The first-order valence-electron chi connectivity index (χ1n) is 12.8. The second kappa shape index (κ2) is 13.7. The van der Waals surface area contributed by atoms with Crippen LogP contribution in [0.1, 0.15) is 16.7 Å². The van der Waals surface area contributed by atoms with Gasteiger partial charge in [0.2, 0.25) is 0 Å². The molecule has 0 radical (unpaired) electrons. The Bertz CT molecular complexity index is 1740. The summed E-state index contributed by atoms with van der Waals surface area (Å²) in [6.45, 7) is 0.896. The molecule has 0 saturated carbocycles. The maximum atomic E-state index is 12.9. The van der Waals surface area contributed by atoms with Gasteiger partial charge in [-0.1, -0.05) is 66.7 Å². The summed E-state index contributed by atoms with van der Waals surface area (Å²) in [4.78, 5) is 12.9. The van der Waals surface area contributed by atoms with E-state index >= 15 is 0 Å². The highest BCUT2D eigenvalue weighted by molar-refractivity contribution is 14.1. The number of hydrogen-bond donors (Lipinski definition) is 1. The van der Waals surface area contributed by atoms with Crippen LogP contribution in [0.2, 0.25) is 0 Å². The maximum Gasteiger partial charge on any atom is 0.266 e. The molecule has 0 aliphatic rings. The fraction of sp³-hybridized carbons (Fsp3) is 0.0588. The molecule has 5 aromatic carbocycles. The van der Waals surface area contributed by atoms with Crippen molar-refractivity contribution in [3.05, 3.63) is 139 Å². The third-order valence-electron chi connectivity index (χ3n) is 6.25. The van der Waals surface area contributed by atoms with Crippen LogP contribution in [0.3, 0.4) is 0 Å². The number of hydrogen-bond acceptors (Lipinski definition) is 4. The van der Waals surface area contributed by atoms with Crippen molar-refractivity contribution in [3.63, 3.8) is 0 Å². The highest BCUT2D eigenvalue weighted by atomic mass is 127. The second-order valence-corrected chi connectivity index (χ2v) is 11.5. The lowest BCUT2D eigenvalue weighted by atomic mass is 10.1. The quantitative estimate of drug-likeness (QED) is 0.0927. The number of amides is 1. The maximum absolute atomic E-state index is 12.9. The molecular weight excluding hydrogens is 738 g/mol. The molecule has 0 fully saturated rings. The molecular formula is C34H24I2N2O3. The molecule has 0 spiro atoms. The van der Waals surface area contributed by atoms with E-state index < -0.39 is 5.91 Å². The minimum absolute atomic E-state index is 0.00540. The van der Waals surface area contributed by atoms with Crippen LogP contribution in [0.25, 0.3) is 16.8 Å². The number of nitrogens with zero attached hydrogens (tertiary/aromatic N) is 1. The molecule has 41 heavy (non-hydrogen) atoms. The average molecular weight is 762 g/mol. The Labute approximate surface area is 266 Å². The van der Waals surface area contributed by atoms with E-state index in [4.69, 9.17) is 9.47 Å². The van der Waals surface area contributed by atoms with Gasteiger partial charge in [0.1, 0.15) is 36.4 Å². The summed E-state index contributed by atoms with van der Waals surface area (Å²) >= 11 is 4.44. The van der Waals surface area contributed by atoms with E-state index in [1.54, 1.807) is 30.3 Å². The van der Waals surface area contributed by atoms with Crippen LogP contribution in [0.4, 0.5) is 5.69 Å². The molecule has 0 aliphatic carbocycles. The van der Waals surface area contributed by atoms with Gasteiger partial charge in [0.05, 0.1) is 7.14 Å². The van der Waals surface area contributed by atoms with Gasteiger partial charge in [0.15, 0.2) is 0 Å². The first-order chi connectivity index (χ1) is 20.0. The molecule has 5 rings (SSSR count). The number of carbonyl (C=O) groups excluding carboxylic acids is 1. The number of benzene rings is 5. The molecule has 0 aromatic heterocycles. The van der Waals surface area contributed by atoms with Gasteiger partial charge in [-0.05, 0) is 121 Å². The van der Waals surface area contributed by atoms with Crippen molar-refractivity contribution in [2.45, 2.75) is 13.2 Å². The predicted octanol–water partition coefficient (Wildman–Crippen LogP) is 8.75. The van der Waals surface area contributed by atoms with Gasteiger partial charge in [0, 0.05) is 5.69 Å². The molecule has 5 aromatic rings. The van der Waals surface area contributed by atoms with E-state index in [1.807, 2.05) is 60.7 Å². The molecule has 0 saturated heterocycles. The van der Waals surface area contributed by atoms with Gasteiger partial charge in [-0.2, -0.15) is 5.26 Å². The number of carbonyl (C=O) groups is 1. The number of rotatable bonds is 9. The van der Waals surface area contributed by atoms with Gasteiger partial charge in [-0.15, -0.1) is 0 Å². The van der Waals surface area contributed by atoms with Crippen molar-refractivity contribution in [1.82, 2.24) is 0 Å². The molecule has 1 amide bonds. The largest absolute Gasteiger partial charge is 0.489 e. The van der Waals surface area contributed by atoms with Crippen molar-refractivity contribution in [2.75, 3.05) is 5.32 Å². The summed E-state index contributed by atoms with van der Waals surface area (Å²) in [5.74, 6) is 0.983. The van der Waals surface area contributed by atoms with Crippen LogP contribution in [0.15, 0.2) is 115 Å². The number of nitrogens with one attached hydrogen (secondary N) is 1. The predicted molar refractivity (Wildman–Crippen MR) is 180 cm³/mol. The number of halogens is 2. The lowest BCUT2D eigenvalue weighted by Gasteiger charge is -2.12. The minimum atomic E-state index is -0.480. The molecule has 202 valence electrons. The Hall–Kier alpha value is -3.88. The lowest BCUT2D eigenvalue weighted by Crippen LogP contribution is -2.13. The molecule has 0 bridgehead atoms. The second-order valence-electron chi connectivity index (χ2n) is 9.21. The van der Waals surface area contributed by atoms with Crippen molar-refractivity contribution < 1.29 is 14.3 Å². The Kier molecular flexibility index (Phi) is 9.54. The van der Waals surface area contributed by atoms with E-state index in [2.05, 4.69) is 80.8 Å². The van der Waals surface area contributed by atoms with Crippen molar-refractivity contribution >= 4 is 73.6 Å². The third kappa shape index (κ3) is 7.65. The van der Waals surface area contributed by atoms with Gasteiger partial charge >= 0.3 is 0 Å². The number of ether oxygens (including phenoxy) is 2. The van der Waals surface area contributed by atoms with Crippen molar-refractivity contribution in [3.8, 4) is 17.6 Å². The van der Waals surface area contributed by atoms with Crippen LogP contribution in [-0.2, 0) is 18.0 Å². The molecule has 5 nitrogen and oxygen atoms in total. The number of anilines is 1. The molecule has 0 atom stereocenters. The van der Waals surface area contributed by atoms with E-state index in [1.165, 1.54) is 10.8 Å². The summed E-state index contributed by atoms with van der Waals surface area (Å²) in [7, 11) is 0. The molecule has 0 aliphatic heterocycles. The highest BCUT2D eigenvalue weighted by Crippen LogP contribution is 2.31. The monoisotopic (exact) mass is 762 g/mol. The third-order valence-corrected chi connectivity index (χ3v) is 7.86. The van der Waals surface area contributed by atoms with Crippen LogP contribution >= 0.6 is 45.2 Å². The Morgan fingerprint density at radius 3 is 2.12 bits per heavy atom. The van der Waals surface area contributed by atoms with Gasteiger partial charge in [-0.25, -0.2) is 0 Å².